The minimum atomic E-state index is -0.448. The molecule has 1 N–H and O–H groups in total. The van der Waals surface area contributed by atoms with Gasteiger partial charge >= 0.3 is 6.09 Å². The van der Waals surface area contributed by atoms with Crippen molar-refractivity contribution in [3.05, 3.63) is 35.9 Å². The lowest BCUT2D eigenvalue weighted by molar-refractivity contribution is 0.00967. The van der Waals surface area contributed by atoms with Gasteiger partial charge < -0.3 is 15.0 Å². The highest BCUT2D eigenvalue weighted by Gasteiger charge is 2.31. The number of carbonyl (C=O) groups is 1. The van der Waals surface area contributed by atoms with Crippen LogP contribution in [0.3, 0.4) is 0 Å². The summed E-state index contributed by atoms with van der Waals surface area (Å²) in [5.74, 6) is 0. The zero-order valence-corrected chi connectivity index (χ0v) is 13.4. The minimum Gasteiger partial charge on any atom is -0.444 e. The molecule has 116 valence electrons. The molecule has 0 saturated carbocycles. The summed E-state index contributed by atoms with van der Waals surface area (Å²) in [6, 6.07) is 10.8. The Bertz CT molecular complexity index is 467. The van der Waals surface area contributed by atoms with Gasteiger partial charge in [-0.25, -0.2) is 4.79 Å². The molecule has 1 aliphatic heterocycles. The van der Waals surface area contributed by atoms with Crippen LogP contribution < -0.4 is 5.32 Å². The maximum absolute atomic E-state index is 12.3. The van der Waals surface area contributed by atoms with Crippen LogP contribution in [0.1, 0.15) is 33.3 Å². The molecule has 2 atom stereocenters. The summed E-state index contributed by atoms with van der Waals surface area (Å²) in [5.41, 5.74) is 0.838. The van der Waals surface area contributed by atoms with E-state index in [-0.39, 0.29) is 18.2 Å². The highest BCUT2D eigenvalue weighted by Crippen LogP contribution is 2.16. The second-order valence-electron chi connectivity index (χ2n) is 6.78. The average Bonchev–Trinajstić information content (AvgIpc) is 2.40. The van der Waals surface area contributed by atoms with Crippen molar-refractivity contribution in [1.82, 2.24) is 10.2 Å². The lowest BCUT2D eigenvalue weighted by atomic mass is 10.0. The van der Waals surface area contributed by atoms with Crippen LogP contribution >= 0.6 is 0 Å². The van der Waals surface area contributed by atoms with Crippen molar-refractivity contribution >= 4 is 6.09 Å². The van der Waals surface area contributed by atoms with Crippen LogP contribution in [0.5, 0.6) is 0 Å². The Morgan fingerprint density at radius 3 is 2.62 bits per heavy atom. The van der Waals surface area contributed by atoms with E-state index in [0.717, 1.165) is 13.0 Å². The number of piperazine rings is 1. The van der Waals surface area contributed by atoms with Crippen molar-refractivity contribution in [2.45, 2.75) is 51.8 Å². The molecule has 21 heavy (non-hydrogen) atoms. The molecule has 0 aliphatic carbocycles. The molecule has 0 aromatic heterocycles. The average molecular weight is 290 g/mol. The van der Waals surface area contributed by atoms with E-state index >= 15 is 0 Å². The third kappa shape index (κ3) is 4.74. The number of hydrogen-bond acceptors (Lipinski definition) is 3. The van der Waals surface area contributed by atoms with Crippen molar-refractivity contribution in [3.8, 4) is 0 Å². The van der Waals surface area contributed by atoms with Crippen LogP contribution in [0.25, 0.3) is 0 Å². The third-order valence-electron chi connectivity index (χ3n) is 3.60. The first-order chi connectivity index (χ1) is 9.85. The summed E-state index contributed by atoms with van der Waals surface area (Å²) in [6.45, 7) is 9.25. The number of hydrogen-bond donors (Lipinski definition) is 1. The standard InChI is InChI=1S/C17H26N2O2/c1-13-11-18-15(10-14-8-6-5-7-9-14)12-19(13)16(20)21-17(2,3)4/h5-9,13,15,18H,10-12H2,1-4H3/t13-,15+/m1/s1. The summed E-state index contributed by atoms with van der Waals surface area (Å²) < 4.78 is 5.51. The Balaban J connectivity index is 1.97. The van der Waals surface area contributed by atoms with E-state index in [1.54, 1.807) is 0 Å². The summed E-state index contributed by atoms with van der Waals surface area (Å²) in [4.78, 5) is 14.1. The lowest BCUT2D eigenvalue weighted by Gasteiger charge is -2.39. The fraction of sp³-hybridized carbons (Fsp3) is 0.588. The van der Waals surface area contributed by atoms with Crippen molar-refractivity contribution in [3.63, 3.8) is 0 Å². The quantitative estimate of drug-likeness (QED) is 0.910. The van der Waals surface area contributed by atoms with Crippen LogP contribution in [0, 0.1) is 0 Å². The highest BCUT2D eigenvalue weighted by molar-refractivity contribution is 5.68. The molecule has 1 aliphatic rings. The summed E-state index contributed by atoms with van der Waals surface area (Å²) in [7, 11) is 0. The second-order valence-corrected chi connectivity index (χ2v) is 6.78. The molecular weight excluding hydrogens is 264 g/mol. The number of nitrogens with one attached hydrogen (secondary N) is 1. The SMILES string of the molecule is C[C@@H]1CN[C@@H](Cc2ccccc2)CN1C(=O)OC(C)(C)C. The molecule has 0 bridgehead atoms. The predicted octanol–water partition coefficient (Wildman–Crippen LogP) is 2.83. The van der Waals surface area contributed by atoms with Gasteiger partial charge in [0.1, 0.15) is 5.60 Å². The number of nitrogens with zero attached hydrogens (tertiary/aromatic N) is 1. The number of rotatable bonds is 2. The van der Waals surface area contributed by atoms with Gasteiger partial charge in [-0.05, 0) is 39.7 Å². The van der Waals surface area contributed by atoms with Crippen LogP contribution in [0.4, 0.5) is 4.79 Å². The number of ether oxygens (including phenoxy) is 1. The van der Waals surface area contributed by atoms with Gasteiger partial charge in [0.2, 0.25) is 0 Å². The summed E-state index contributed by atoms with van der Waals surface area (Å²) >= 11 is 0. The van der Waals surface area contributed by atoms with Gasteiger partial charge in [-0.3, -0.25) is 0 Å². The Hall–Kier alpha value is -1.55. The Morgan fingerprint density at radius 2 is 2.00 bits per heavy atom. The fourth-order valence-electron chi connectivity index (χ4n) is 2.54. The van der Waals surface area contributed by atoms with E-state index in [0.29, 0.717) is 6.54 Å². The van der Waals surface area contributed by atoms with Gasteiger partial charge in [0.25, 0.3) is 0 Å². The van der Waals surface area contributed by atoms with Crippen LogP contribution in [0.15, 0.2) is 30.3 Å². The van der Waals surface area contributed by atoms with Crippen LogP contribution in [0.2, 0.25) is 0 Å². The van der Waals surface area contributed by atoms with E-state index in [9.17, 15) is 4.79 Å². The molecule has 4 heteroatoms. The van der Waals surface area contributed by atoms with Crippen LogP contribution in [-0.4, -0.2) is 41.8 Å². The molecule has 1 aromatic rings. The number of benzene rings is 1. The smallest absolute Gasteiger partial charge is 0.410 e. The number of amides is 1. The van der Waals surface area contributed by atoms with E-state index in [1.807, 2.05) is 43.9 Å². The molecule has 2 rings (SSSR count). The summed E-state index contributed by atoms with van der Waals surface area (Å²) in [5, 5.41) is 3.52. The van der Waals surface area contributed by atoms with E-state index < -0.39 is 5.60 Å². The number of carbonyl (C=O) groups excluding carboxylic acids is 1. The molecule has 1 amide bonds. The van der Waals surface area contributed by atoms with E-state index in [2.05, 4.69) is 24.4 Å². The Kier molecular flexibility index (Phi) is 4.88. The predicted molar refractivity (Wildman–Crippen MR) is 84.3 cm³/mol. The topological polar surface area (TPSA) is 41.6 Å². The van der Waals surface area contributed by atoms with Gasteiger partial charge in [0.05, 0.1) is 0 Å². The van der Waals surface area contributed by atoms with E-state index in [4.69, 9.17) is 4.74 Å². The van der Waals surface area contributed by atoms with Gasteiger partial charge in [0, 0.05) is 25.2 Å². The molecule has 0 unspecified atom stereocenters. The molecule has 1 saturated heterocycles. The van der Waals surface area contributed by atoms with Crippen molar-refractivity contribution < 1.29 is 9.53 Å². The summed E-state index contributed by atoms with van der Waals surface area (Å²) in [6.07, 6.45) is 0.710. The van der Waals surface area contributed by atoms with Crippen molar-refractivity contribution in [2.24, 2.45) is 0 Å². The first-order valence-electron chi connectivity index (χ1n) is 7.62. The van der Waals surface area contributed by atoms with Crippen molar-refractivity contribution in [2.75, 3.05) is 13.1 Å². The Labute approximate surface area is 127 Å². The van der Waals surface area contributed by atoms with Gasteiger partial charge in [-0.15, -0.1) is 0 Å². The zero-order valence-electron chi connectivity index (χ0n) is 13.4. The Morgan fingerprint density at radius 1 is 1.33 bits per heavy atom. The minimum absolute atomic E-state index is 0.159. The molecular formula is C17H26N2O2. The molecule has 1 fully saturated rings. The molecule has 0 spiro atoms. The normalized spacial score (nSPS) is 23.0. The van der Waals surface area contributed by atoms with Crippen LogP contribution in [-0.2, 0) is 11.2 Å². The highest BCUT2D eigenvalue weighted by atomic mass is 16.6. The van der Waals surface area contributed by atoms with E-state index in [1.165, 1.54) is 5.56 Å². The lowest BCUT2D eigenvalue weighted by Crippen LogP contribution is -2.58. The fourth-order valence-corrected chi connectivity index (χ4v) is 2.54. The monoisotopic (exact) mass is 290 g/mol. The maximum atomic E-state index is 12.3. The van der Waals surface area contributed by atoms with Crippen molar-refractivity contribution in [1.29, 1.82) is 0 Å². The molecule has 1 heterocycles. The van der Waals surface area contributed by atoms with Gasteiger partial charge in [0.15, 0.2) is 0 Å². The first kappa shape index (κ1) is 15.8. The van der Waals surface area contributed by atoms with Gasteiger partial charge in [-0.1, -0.05) is 30.3 Å². The third-order valence-corrected chi connectivity index (χ3v) is 3.60. The maximum Gasteiger partial charge on any atom is 0.410 e. The molecule has 1 aromatic carbocycles. The largest absolute Gasteiger partial charge is 0.444 e. The molecule has 0 radical (unpaired) electrons. The zero-order chi connectivity index (χ0) is 15.5. The van der Waals surface area contributed by atoms with Gasteiger partial charge in [-0.2, -0.15) is 0 Å². The second kappa shape index (κ2) is 6.48. The first-order valence-corrected chi connectivity index (χ1v) is 7.62. The molecule has 4 nitrogen and oxygen atoms in total.